The molecule has 0 bridgehead atoms. The van der Waals surface area contributed by atoms with Crippen LogP contribution in [0, 0.1) is 0 Å². The molecule has 0 saturated heterocycles. The summed E-state index contributed by atoms with van der Waals surface area (Å²) in [4.78, 5) is 3.95. The molecule has 1 N–H and O–H groups in total. The standard InChI is InChI=1S/C9H14N2O2S/c1-8(2)11-14(12,13)7-9-5-3-4-6-10-9/h3-6,8,11H,7H2,1-2H3. The number of sulfonamides is 1. The van der Waals surface area contributed by atoms with E-state index in [1.165, 1.54) is 0 Å². The molecule has 0 aliphatic heterocycles. The summed E-state index contributed by atoms with van der Waals surface area (Å²) in [6.45, 7) is 3.58. The predicted molar refractivity (Wildman–Crippen MR) is 55.1 cm³/mol. The maximum atomic E-state index is 11.5. The molecule has 0 aliphatic carbocycles. The highest BCUT2D eigenvalue weighted by Gasteiger charge is 2.12. The van der Waals surface area contributed by atoms with Gasteiger partial charge in [0.05, 0.1) is 5.69 Å². The van der Waals surface area contributed by atoms with Crippen LogP contribution in [-0.2, 0) is 15.8 Å². The molecule has 5 heteroatoms. The van der Waals surface area contributed by atoms with Crippen molar-refractivity contribution in [3.63, 3.8) is 0 Å². The molecule has 0 aliphatic rings. The van der Waals surface area contributed by atoms with Gasteiger partial charge in [0.1, 0.15) is 5.75 Å². The predicted octanol–water partition coefficient (Wildman–Crippen LogP) is 0.909. The smallest absolute Gasteiger partial charge is 0.217 e. The van der Waals surface area contributed by atoms with Crippen molar-refractivity contribution in [1.82, 2.24) is 9.71 Å². The third kappa shape index (κ3) is 3.85. The van der Waals surface area contributed by atoms with Crippen LogP contribution in [0.1, 0.15) is 19.5 Å². The van der Waals surface area contributed by atoms with Gasteiger partial charge in [0.15, 0.2) is 0 Å². The molecule has 0 spiro atoms. The lowest BCUT2D eigenvalue weighted by molar-refractivity contribution is 0.568. The number of rotatable bonds is 4. The van der Waals surface area contributed by atoms with Crippen LogP contribution >= 0.6 is 0 Å². The van der Waals surface area contributed by atoms with Gasteiger partial charge in [-0.05, 0) is 26.0 Å². The third-order valence-corrected chi connectivity index (χ3v) is 2.99. The summed E-state index contributed by atoms with van der Waals surface area (Å²) in [6, 6.07) is 5.14. The maximum absolute atomic E-state index is 11.5. The molecular formula is C9H14N2O2S. The Morgan fingerprint density at radius 3 is 2.64 bits per heavy atom. The minimum Gasteiger partial charge on any atom is -0.260 e. The van der Waals surface area contributed by atoms with Crippen molar-refractivity contribution >= 4 is 10.0 Å². The SMILES string of the molecule is CC(C)NS(=O)(=O)Cc1ccccn1. The second kappa shape index (κ2) is 4.52. The van der Waals surface area contributed by atoms with Crippen molar-refractivity contribution in [2.75, 3.05) is 0 Å². The fraction of sp³-hybridized carbons (Fsp3) is 0.444. The molecule has 14 heavy (non-hydrogen) atoms. The molecule has 1 rings (SSSR count). The van der Waals surface area contributed by atoms with E-state index in [4.69, 9.17) is 0 Å². The summed E-state index contributed by atoms with van der Waals surface area (Å²) in [5, 5.41) is 0. The van der Waals surface area contributed by atoms with Crippen molar-refractivity contribution in [3.8, 4) is 0 Å². The van der Waals surface area contributed by atoms with Crippen molar-refractivity contribution in [1.29, 1.82) is 0 Å². The van der Waals surface area contributed by atoms with Gasteiger partial charge in [-0.15, -0.1) is 0 Å². The van der Waals surface area contributed by atoms with E-state index in [2.05, 4.69) is 9.71 Å². The van der Waals surface area contributed by atoms with E-state index in [0.29, 0.717) is 5.69 Å². The first-order valence-corrected chi connectivity index (χ1v) is 6.05. The first-order chi connectivity index (χ1) is 6.49. The molecule has 0 amide bonds. The van der Waals surface area contributed by atoms with Gasteiger partial charge >= 0.3 is 0 Å². The Labute approximate surface area is 84.4 Å². The van der Waals surface area contributed by atoms with Gasteiger partial charge in [-0.25, -0.2) is 13.1 Å². The Hall–Kier alpha value is -0.940. The Morgan fingerprint density at radius 2 is 2.14 bits per heavy atom. The minimum atomic E-state index is -3.25. The van der Waals surface area contributed by atoms with Crippen molar-refractivity contribution in [2.45, 2.75) is 25.6 Å². The number of hydrogen-bond donors (Lipinski definition) is 1. The van der Waals surface area contributed by atoms with Crippen LogP contribution < -0.4 is 4.72 Å². The van der Waals surface area contributed by atoms with Gasteiger partial charge < -0.3 is 0 Å². The monoisotopic (exact) mass is 214 g/mol. The topological polar surface area (TPSA) is 59.1 Å². The normalized spacial score (nSPS) is 11.9. The Bertz CT molecular complexity index is 373. The molecule has 4 nitrogen and oxygen atoms in total. The Balaban J connectivity index is 2.70. The molecule has 1 heterocycles. The van der Waals surface area contributed by atoms with E-state index >= 15 is 0 Å². The van der Waals surface area contributed by atoms with E-state index in [-0.39, 0.29) is 11.8 Å². The van der Waals surface area contributed by atoms with Gasteiger partial charge in [-0.2, -0.15) is 0 Å². The number of hydrogen-bond acceptors (Lipinski definition) is 3. The zero-order chi connectivity index (χ0) is 10.6. The van der Waals surface area contributed by atoms with Crippen molar-refractivity contribution in [2.24, 2.45) is 0 Å². The zero-order valence-electron chi connectivity index (χ0n) is 8.27. The van der Waals surface area contributed by atoms with Gasteiger partial charge in [-0.1, -0.05) is 6.07 Å². The van der Waals surface area contributed by atoms with Gasteiger partial charge in [0, 0.05) is 12.2 Å². The first kappa shape index (κ1) is 11.1. The van der Waals surface area contributed by atoms with E-state index in [1.54, 1.807) is 38.2 Å². The zero-order valence-corrected chi connectivity index (χ0v) is 9.08. The summed E-state index contributed by atoms with van der Waals surface area (Å²) in [7, 11) is -3.25. The van der Waals surface area contributed by atoms with E-state index in [0.717, 1.165) is 0 Å². The quantitative estimate of drug-likeness (QED) is 0.810. The summed E-state index contributed by atoms with van der Waals surface area (Å²) < 4.78 is 25.4. The molecule has 0 saturated carbocycles. The van der Waals surface area contributed by atoms with Crippen molar-refractivity contribution < 1.29 is 8.42 Å². The average Bonchev–Trinajstić information content (AvgIpc) is 2.02. The van der Waals surface area contributed by atoms with Crippen LogP contribution in [0.25, 0.3) is 0 Å². The van der Waals surface area contributed by atoms with Crippen LogP contribution in [0.15, 0.2) is 24.4 Å². The Morgan fingerprint density at radius 1 is 1.43 bits per heavy atom. The maximum Gasteiger partial charge on any atom is 0.217 e. The molecule has 1 aromatic rings. The van der Waals surface area contributed by atoms with Crippen LogP contribution in [0.2, 0.25) is 0 Å². The summed E-state index contributed by atoms with van der Waals surface area (Å²) >= 11 is 0. The highest BCUT2D eigenvalue weighted by Crippen LogP contribution is 2.00. The number of nitrogens with zero attached hydrogens (tertiary/aromatic N) is 1. The van der Waals surface area contributed by atoms with Gasteiger partial charge in [0.25, 0.3) is 0 Å². The van der Waals surface area contributed by atoms with Crippen molar-refractivity contribution in [3.05, 3.63) is 30.1 Å². The fourth-order valence-corrected chi connectivity index (χ4v) is 2.44. The van der Waals surface area contributed by atoms with Crippen LogP contribution in [0.3, 0.4) is 0 Å². The Kier molecular flexibility index (Phi) is 3.60. The lowest BCUT2D eigenvalue weighted by Gasteiger charge is -2.08. The summed E-state index contributed by atoms with van der Waals surface area (Å²) in [5.74, 6) is -0.0635. The van der Waals surface area contributed by atoms with Gasteiger partial charge in [-0.3, -0.25) is 4.98 Å². The summed E-state index contributed by atoms with van der Waals surface area (Å²) in [5.41, 5.74) is 0.556. The molecule has 0 atom stereocenters. The van der Waals surface area contributed by atoms with E-state index in [9.17, 15) is 8.42 Å². The fourth-order valence-electron chi connectivity index (χ4n) is 1.08. The lowest BCUT2D eigenvalue weighted by atomic mass is 10.4. The molecule has 0 fully saturated rings. The van der Waals surface area contributed by atoms with Crippen LogP contribution in [0.5, 0.6) is 0 Å². The second-order valence-electron chi connectivity index (χ2n) is 3.35. The molecular weight excluding hydrogens is 200 g/mol. The third-order valence-electron chi connectivity index (χ3n) is 1.48. The first-order valence-electron chi connectivity index (χ1n) is 4.39. The second-order valence-corrected chi connectivity index (χ2v) is 5.11. The highest BCUT2D eigenvalue weighted by atomic mass is 32.2. The van der Waals surface area contributed by atoms with Gasteiger partial charge in [0.2, 0.25) is 10.0 Å². The van der Waals surface area contributed by atoms with E-state index in [1.807, 2.05) is 0 Å². The largest absolute Gasteiger partial charge is 0.260 e. The highest BCUT2D eigenvalue weighted by molar-refractivity contribution is 7.88. The molecule has 0 radical (unpaired) electrons. The number of aromatic nitrogens is 1. The van der Waals surface area contributed by atoms with E-state index < -0.39 is 10.0 Å². The van der Waals surface area contributed by atoms with Crippen LogP contribution in [0.4, 0.5) is 0 Å². The molecule has 1 aromatic heterocycles. The molecule has 0 aromatic carbocycles. The number of nitrogens with one attached hydrogen (secondary N) is 1. The minimum absolute atomic E-state index is 0.0635. The van der Waals surface area contributed by atoms with Crippen LogP contribution in [-0.4, -0.2) is 19.4 Å². The molecule has 0 unspecified atom stereocenters. The lowest BCUT2D eigenvalue weighted by Crippen LogP contribution is -2.31. The molecule has 78 valence electrons. The average molecular weight is 214 g/mol. The number of pyridine rings is 1. The summed E-state index contributed by atoms with van der Waals surface area (Å²) in [6.07, 6.45) is 1.58.